The molecule has 0 spiro atoms. The zero-order valence-corrected chi connectivity index (χ0v) is 14.3. The van der Waals surface area contributed by atoms with Crippen LogP contribution in [0.1, 0.15) is 56.6 Å². The number of amides is 2. The Hall–Kier alpha value is -2.04. The number of hydrogen-bond donors (Lipinski definition) is 2. The van der Waals surface area contributed by atoms with Gasteiger partial charge in [-0.1, -0.05) is 25.0 Å². The van der Waals surface area contributed by atoms with Crippen LogP contribution in [0.2, 0.25) is 0 Å². The molecule has 2 amide bonds. The Kier molecular flexibility index (Phi) is 5.38. The van der Waals surface area contributed by atoms with Crippen LogP contribution in [0.4, 0.5) is 0 Å². The lowest BCUT2D eigenvalue weighted by atomic mass is 10.1. The quantitative estimate of drug-likeness (QED) is 0.842. The van der Waals surface area contributed by atoms with E-state index in [1.165, 1.54) is 18.4 Å². The zero-order chi connectivity index (χ0) is 16.9. The largest absolute Gasteiger partial charge is 0.490 e. The summed E-state index contributed by atoms with van der Waals surface area (Å²) in [5.74, 6) is 0.851. The molecule has 1 unspecified atom stereocenters. The van der Waals surface area contributed by atoms with Crippen molar-refractivity contribution in [1.82, 2.24) is 10.6 Å². The van der Waals surface area contributed by atoms with Gasteiger partial charge in [-0.3, -0.25) is 9.59 Å². The first-order valence-corrected chi connectivity index (χ1v) is 8.94. The van der Waals surface area contributed by atoms with Crippen LogP contribution in [-0.2, 0) is 22.6 Å². The molecule has 2 aliphatic rings. The van der Waals surface area contributed by atoms with Crippen LogP contribution in [0, 0.1) is 0 Å². The van der Waals surface area contributed by atoms with E-state index in [4.69, 9.17) is 4.74 Å². The topological polar surface area (TPSA) is 67.4 Å². The summed E-state index contributed by atoms with van der Waals surface area (Å²) in [5, 5.41) is 5.90. The third-order valence-corrected chi connectivity index (χ3v) is 4.75. The minimum atomic E-state index is -0.0818. The van der Waals surface area contributed by atoms with E-state index in [1.54, 1.807) is 0 Å². The normalized spacial score (nSPS) is 19.6. The lowest BCUT2D eigenvalue weighted by Crippen LogP contribution is -2.33. The van der Waals surface area contributed by atoms with Crippen molar-refractivity contribution >= 4 is 11.8 Å². The number of fused-ring (bicyclic) bond motifs is 1. The predicted octanol–water partition coefficient (Wildman–Crippen LogP) is 2.47. The Morgan fingerprint density at radius 2 is 1.92 bits per heavy atom. The fourth-order valence-electron chi connectivity index (χ4n) is 3.47. The van der Waals surface area contributed by atoms with Gasteiger partial charge in [-0.15, -0.1) is 0 Å². The summed E-state index contributed by atoms with van der Waals surface area (Å²) in [5.41, 5.74) is 2.26. The summed E-state index contributed by atoms with van der Waals surface area (Å²) in [6.07, 6.45) is 6.16. The molecule has 5 heteroatoms. The summed E-state index contributed by atoms with van der Waals surface area (Å²) in [6, 6.07) is 6.35. The molecule has 0 aromatic heterocycles. The molecule has 2 N–H and O–H groups in total. The van der Waals surface area contributed by atoms with E-state index >= 15 is 0 Å². The van der Waals surface area contributed by atoms with Gasteiger partial charge in [0.05, 0.1) is 0 Å². The maximum absolute atomic E-state index is 11.9. The van der Waals surface area contributed by atoms with Crippen LogP contribution in [0.25, 0.3) is 0 Å². The average molecular weight is 330 g/mol. The summed E-state index contributed by atoms with van der Waals surface area (Å²) >= 11 is 0. The number of hydrogen-bond acceptors (Lipinski definition) is 3. The Morgan fingerprint density at radius 3 is 2.71 bits per heavy atom. The molecule has 1 aromatic rings. The fraction of sp³-hybridized carbons (Fsp3) is 0.579. The highest BCUT2D eigenvalue weighted by atomic mass is 16.5. The minimum Gasteiger partial charge on any atom is -0.490 e. The second kappa shape index (κ2) is 7.69. The molecule has 3 rings (SSSR count). The number of ether oxygens (including phenoxy) is 1. The van der Waals surface area contributed by atoms with Gasteiger partial charge < -0.3 is 15.4 Å². The van der Waals surface area contributed by atoms with Gasteiger partial charge in [0.1, 0.15) is 11.9 Å². The van der Waals surface area contributed by atoms with Gasteiger partial charge in [0, 0.05) is 31.8 Å². The van der Waals surface area contributed by atoms with E-state index < -0.39 is 0 Å². The lowest BCUT2D eigenvalue weighted by Gasteiger charge is -2.11. The van der Waals surface area contributed by atoms with Crippen LogP contribution in [-0.4, -0.2) is 24.0 Å². The number of carbonyl (C=O) groups excluding carboxylic acids is 2. The van der Waals surface area contributed by atoms with Crippen LogP contribution < -0.4 is 15.4 Å². The molecular weight excluding hydrogens is 304 g/mol. The molecule has 1 atom stereocenters. The number of carbonyl (C=O) groups is 2. The number of rotatable bonds is 6. The molecular formula is C19H26N2O3. The highest BCUT2D eigenvalue weighted by Gasteiger charge is 2.19. The molecule has 1 heterocycles. The molecule has 0 bridgehead atoms. The molecule has 1 saturated carbocycles. The molecule has 1 aromatic carbocycles. The van der Waals surface area contributed by atoms with Crippen molar-refractivity contribution in [1.29, 1.82) is 0 Å². The Labute approximate surface area is 143 Å². The summed E-state index contributed by atoms with van der Waals surface area (Å²) < 4.78 is 5.67. The highest BCUT2D eigenvalue weighted by molar-refractivity contribution is 5.83. The van der Waals surface area contributed by atoms with Gasteiger partial charge in [0.15, 0.2) is 0 Å². The smallest absolute Gasteiger partial charge is 0.220 e. The molecule has 130 valence electrons. The maximum Gasteiger partial charge on any atom is 0.220 e. The van der Waals surface area contributed by atoms with E-state index in [0.717, 1.165) is 30.6 Å². The Bertz CT molecular complexity index is 609. The van der Waals surface area contributed by atoms with Gasteiger partial charge in [-0.25, -0.2) is 0 Å². The Balaban J connectivity index is 1.38. The monoisotopic (exact) mass is 330 g/mol. The van der Waals surface area contributed by atoms with Crippen molar-refractivity contribution in [3.8, 4) is 5.75 Å². The van der Waals surface area contributed by atoms with Crippen molar-refractivity contribution in [2.24, 2.45) is 0 Å². The van der Waals surface area contributed by atoms with Crippen molar-refractivity contribution in [2.75, 3.05) is 0 Å². The van der Waals surface area contributed by atoms with Crippen molar-refractivity contribution < 1.29 is 14.3 Å². The first-order valence-electron chi connectivity index (χ1n) is 8.94. The van der Waals surface area contributed by atoms with Gasteiger partial charge in [-0.2, -0.15) is 0 Å². The third kappa shape index (κ3) is 4.49. The van der Waals surface area contributed by atoms with Crippen LogP contribution >= 0.6 is 0 Å². The lowest BCUT2D eigenvalue weighted by molar-refractivity contribution is -0.126. The predicted molar refractivity (Wildman–Crippen MR) is 91.7 cm³/mol. The summed E-state index contributed by atoms with van der Waals surface area (Å²) in [6.45, 7) is 2.54. The van der Waals surface area contributed by atoms with E-state index in [0.29, 0.717) is 12.6 Å². The van der Waals surface area contributed by atoms with Gasteiger partial charge in [0.2, 0.25) is 11.8 Å². The third-order valence-electron chi connectivity index (χ3n) is 4.75. The zero-order valence-electron chi connectivity index (χ0n) is 14.3. The van der Waals surface area contributed by atoms with Gasteiger partial charge >= 0.3 is 0 Å². The molecule has 1 aliphatic heterocycles. The second-order valence-corrected chi connectivity index (χ2v) is 6.90. The Morgan fingerprint density at radius 1 is 1.17 bits per heavy atom. The van der Waals surface area contributed by atoms with Crippen LogP contribution in [0.3, 0.4) is 0 Å². The highest BCUT2D eigenvalue weighted by Crippen LogP contribution is 2.29. The van der Waals surface area contributed by atoms with Gasteiger partial charge in [0.25, 0.3) is 0 Å². The molecule has 0 saturated heterocycles. The second-order valence-electron chi connectivity index (χ2n) is 6.90. The minimum absolute atomic E-state index is 0.0132. The van der Waals surface area contributed by atoms with Crippen LogP contribution in [0.15, 0.2) is 18.2 Å². The molecule has 24 heavy (non-hydrogen) atoms. The maximum atomic E-state index is 11.9. The first kappa shape index (κ1) is 16.8. The van der Waals surface area contributed by atoms with Crippen LogP contribution in [0.5, 0.6) is 5.75 Å². The molecule has 1 fully saturated rings. The van der Waals surface area contributed by atoms with E-state index in [1.807, 2.05) is 12.1 Å². The average Bonchev–Trinajstić information content (AvgIpc) is 3.18. The summed E-state index contributed by atoms with van der Waals surface area (Å²) in [7, 11) is 0. The van der Waals surface area contributed by atoms with Crippen molar-refractivity contribution in [3.05, 3.63) is 29.3 Å². The summed E-state index contributed by atoms with van der Waals surface area (Å²) in [4.78, 5) is 23.8. The molecule has 0 radical (unpaired) electrons. The standard InChI is InChI=1S/C19H26N2O3/c1-13-10-15-11-14(6-7-17(15)24-13)12-20-18(22)8-9-19(23)21-16-4-2-3-5-16/h6-7,11,13,16H,2-5,8-10,12H2,1H3,(H,20,22)(H,21,23). The SMILES string of the molecule is CC1Cc2cc(CNC(=O)CCC(=O)NC3CCCC3)ccc2O1. The molecule has 1 aliphatic carbocycles. The fourth-order valence-corrected chi connectivity index (χ4v) is 3.47. The van der Waals surface area contributed by atoms with Crippen molar-refractivity contribution in [3.63, 3.8) is 0 Å². The van der Waals surface area contributed by atoms with Crippen molar-refractivity contribution in [2.45, 2.75) is 70.6 Å². The molecule has 5 nitrogen and oxygen atoms in total. The first-order chi connectivity index (χ1) is 11.6. The van der Waals surface area contributed by atoms with E-state index in [-0.39, 0.29) is 30.8 Å². The van der Waals surface area contributed by atoms with E-state index in [9.17, 15) is 9.59 Å². The van der Waals surface area contributed by atoms with E-state index in [2.05, 4.69) is 23.6 Å². The number of nitrogens with one attached hydrogen (secondary N) is 2. The number of benzene rings is 1. The van der Waals surface area contributed by atoms with Gasteiger partial charge in [-0.05, 0) is 37.0 Å².